The molecule has 4 heteroatoms. The smallest absolute Gasteiger partial charge is 0.330 e. The van der Waals surface area contributed by atoms with Crippen LogP contribution in [0, 0.1) is 0 Å². The molecule has 0 heterocycles. The van der Waals surface area contributed by atoms with Crippen molar-refractivity contribution in [2.24, 2.45) is 0 Å². The summed E-state index contributed by atoms with van der Waals surface area (Å²) in [5.74, 6) is -0.508. The lowest BCUT2D eigenvalue weighted by atomic mass is 10.5. The monoisotopic (exact) mass is 171 g/mol. The molecule has 0 aromatic rings. The van der Waals surface area contributed by atoms with Crippen molar-refractivity contribution in [3.8, 4) is 0 Å². The van der Waals surface area contributed by atoms with Gasteiger partial charge in [-0.3, -0.25) is 4.79 Å². The number of rotatable bonds is 4. The molecule has 0 unspecified atom stereocenters. The molecular weight excluding hydrogens is 158 g/mol. The van der Waals surface area contributed by atoms with Crippen molar-refractivity contribution in [2.75, 3.05) is 13.2 Å². The fraction of sp³-hybridized carbons (Fsp3) is 0.500. The van der Waals surface area contributed by atoms with Crippen LogP contribution < -0.4 is 5.32 Å². The molecule has 12 heavy (non-hydrogen) atoms. The maximum atomic E-state index is 10.7. The summed E-state index contributed by atoms with van der Waals surface area (Å²) in [7, 11) is 0. The lowest BCUT2D eigenvalue weighted by Crippen LogP contribution is -2.19. The summed E-state index contributed by atoms with van der Waals surface area (Å²) in [6, 6.07) is 0. The first-order chi connectivity index (χ1) is 5.66. The molecule has 0 aromatic carbocycles. The molecule has 0 bridgehead atoms. The van der Waals surface area contributed by atoms with Gasteiger partial charge in [-0.1, -0.05) is 6.08 Å². The van der Waals surface area contributed by atoms with E-state index in [4.69, 9.17) is 0 Å². The van der Waals surface area contributed by atoms with Crippen molar-refractivity contribution >= 4 is 11.9 Å². The summed E-state index contributed by atoms with van der Waals surface area (Å²) in [6.45, 7) is 3.87. The maximum absolute atomic E-state index is 10.7. The maximum Gasteiger partial charge on any atom is 0.330 e. The predicted molar refractivity (Wildman–Crippen MR) is 44.5 cm³/mol. The molecule has 4 nitrogen and oxygen atoms in total. The van der Waals surface area contributed by atoms with Gasteiger partial charge in [0.05, 0.1) is 6.61 Å². The van der Waals surface area contributed by atoms with Crippen LogP contribution >= 0.6 is 0 Å². The third-order valence-corrected chi connectivity index (χ3v) is 1.01. The average molecular weight is 171 g/mol. The molecule has 0 saturated carbocycles. The molecule has 0 radical (unpaired) electrons. The molecule has 0 aliphatic carbocycles. The van der Waals surface area contributed by atoms with Crippen molar-refractivity contribution in [3.05, 3.63) is 12.2 Å². The van der Waals surface area contributed by atoms with E-state index in [1.54, 1.807) is 13.0 Å². The predicted octanol–water partition coefficient (Wildman–Crippen LogP) is 0.242. The van der Waals surface area contributed by atoms with E-state index in [9.17, 15) is 9.59 Å². The van der Waals surface area contributed by atoms with Crippen molar-refractivity contribution in [1.29, 1.82) is 0 Å². The first-order valence-electron chi connectivity index (χ1n) is 3.74. The first kappa shape index (κ1) is 10.7. The molecular formula is C8H13NO3. The topological polar surface area (TPSA) is 55.4 Å². The Labute approximate surface area is 71.6 Å². The third kappa shape index (κ3) is 6.80. The van der Waals surface area contributed by atoms with Crippen molar-refractivity contribution < 1.29 is 14.3 Å². The standard InChI is InChI=1S/C8H13NO3/c1-3-12-8(11)5-4-6-9-7(2)10/h4-5H,3,6H2,1-2H3,(H,9,10)/b5-4+. The Morgan fingerprint density at radius 3 is 2.67 bits per heavy atom. The van der Waals surface area contributed by atoms with Crippen LogP contribution in [0.2, 0.25) is 0 Å². The van der Waals surface area contributed by atoms with E-state index in [1.807, 2.05) is 0 Å². The van der Waals surface area contributed by atoms with E-state index in [0.717, 1.165) is 0 Å². The van der Waals surface area contributed by atoms with Gasteiger partial charge in [-0.15, -0.1) is 0 Å². The molecule has 0 atom stereocenters. The van der Waals surface area contributed by atoms with Crippen LogP contribution in [0.15, 0.2) is 12.2 Å². The number of nitrogens with one attached hydrogen (secondary N) is 1. The number of amides is 1. The highest BCUT2D eigenvalue weighted by Crippen LogP contribution is 1.79. The van der Waals surface area contributed by atoms with E-state index in [1.165, 1.54) is 13.0 Å². The van der Waals surface area contributed by atoms with Gasteiger partial charge in [0.15, 0.2) is 0 Å². The second kappa shape index (κ2) is 6.39. The van der Waals surface area contributed by atoms with Crippen LogP contribution in [0.3, 0.4) is 0 Å². The zero-order valence-electron chi connectivity index (χ0n) is 7.29. The molecule has 0 aromatic heterocycles. The zero-order valence-corrected chi connectivity index (χ0v) is 7.29. The fourth-order valence-corrected chi connectivity index (χ4v) is 0.548. The molecule has 0 aliphatic heterocycles. The largest absolute Gasteiger partial charge is 0.463 e. The fourth-order valence-electron chi connectivity index (χ4n) is 0.548. The highest BCUT2D eigenvalue weighted by Gasteiger charge is 1.91. The number of hydrogen-bond donors (Lipinski definition) is 1. The quantitative estimate of drug-likeness (QED) is 0.487. The first-order valence-corrected chi connectivity index (χ1v) is 3.74. The SMILES string of the molecule is CCOC(=O)/C=C/CNC(C)=O. The van der Waals surface area contributed by atoms with E-state index >= 15 is 0 Å². The molecule has 0 fully saturated rings. The second-order valence-corrected chi connectivity index (χ2v) is 2.09. The molecule has 1 amide bonds. The number of carbonyl (C=O) groups is 2. The van der Waals surface area contributed by atoms with Gasteiger partial charge in [0.1, 0.15) is 0 Å². The number of ether oxygens (including phenoxy) is 1. The van der Waals surface area contributed by atoms with Gasteiger partial charge < -0.3 is 10.1 Å². The Morgan fingerprint density at radius 2 is 2.17 bits per heavy atom. The molecule has 0 aliphatic rings. The number of esters is 1. The summed E-state index contributed by atoms with van der Waals surface area (Å²) in [6.07, 6.45) is 2.83. The van der Waals surface area contributed by atoms with Crippen LogP contribution in [0.1, 0.15) is 13.8 Å². The molecule has 0 saturated heterocycles. The Kier molecular flexibility index (Phi) is 5.69. The van der Waals surface area contributed by atoms with E-state index in [-0.39, 0.29) is 11.9 Å². The summed E-state index contributed by atoms with van der Waals surface area (Å²) >= 11 is 0. The summed E-state index contributed by atoms with van der Waals surface area (Å²) < 4.78 is 4.61. The molecule has 0 spiro atoms. The summed E-state index contributed by atoms with van der Waals surface area (Å²) in [5.41, 5.74) is 0. The minimum absolute atomic E-state index is 0.122. The van der Waals surface area contributed by atoms with Crippen molar-refractivity contribution in [3.63, 3.8) is 0 Å². The van der Waals surface area contributed by atoms with Crippen LogP contribution in [0.4, 0.5) is 0 Å². The van der Waals surface area contributed by atoms with Gasteiger partial charge in [-0.05, 0) is 6.92 Å². The van der Waals surface area contributed by atoms with Gasteiger partial charge in [0, 0.05) is 19.5 Å². The molecule has 0 rings (SSSR count). The Hall–Kier alpha value is -1.32. The van der Waals surface area contributed by atoms with E-state index < -0.39 is 0 Å². The Morgan fingerprint density at radius 1 is 1.50 bits per heavy atom. The second-order valence-electron chi connectivity index (χ2n) is 2.09. The van der Waals surface area contributed by atoms with Crippen LogP contribution in [0.5, 0.6) is 0 Å². The average Bonchev–Trinajstić information content (AvgIpc) is 1.98. The van der Waals surface area contributed by atoms with Crippen LogP contribution in [-0.2, 0) is 14.3 Å². The third-order valence-electron chi connectivity index (χ3n) is 1.01. The minimum atomic E-state index is -0.386. The summed E-state index contributed by atoms with van der Waals surface area (Å²) in [5, 5.41) is 2.51. The Balaban J connectivity index is 3.48. The molecule has 1 N–H and O–H groups in total. The van der Waals surface area contributed by atoms with Gasteiger partial charge in [0.2, 0.25) is 5.91 Å². The molecule has 68 valence electrons. The lowest BCUT2D eigenvalue weighted by molar-refractivity contribution is -0.137. The highest BCUT2D eigenvalue weighted by atomic mass is 16.5. The van der Waals surface area contributed by atoms with Crippen LogP contribution in [-0.4, -0.2) is 25.0 Å². The number of carbonyl (C=O) groups excluding carboxylic acids is 2. The van der Waals surface area contributed by atoms with E-state index in [0.29, 0.717) is 13.2 Å². The minimum Gasteiger partial charge on any atom is -0.463 e. The zero-order chi connectivity index (χ0) is 9.40. The summed E-state index contributed by atoms with van der Waals surface area (Å²) in [4.78, 5) is 21.0. The van der Waals surface area contributed by atoms with Crippen LogP contribution in [0.25, 0.3) is 0 Å². The van der Waals surface area contributed by atoms with Crippen molar-refractivity contribution in [2.45, 2.75) is 13.8 Å². The van der Waals surface area contributed by atoms with Gasteiger partial charge in [-0.25, -0.2) is 4.79 Å². The highest BCUT2D eigenvalue weighted by molar-refractivity contribution is 5.82. The normalized spacial score (nSPS) is 9.83. The van der Waals surface area contributed by atoms with E-state index in [2.05, 4.69) is 10.1 Å². The van der Waals surface area contributed by atoms with Crippen molar-refractivity contribution in [1.82, 2.24) is 5.32 Å². The number of hydrogen-bond acceptors (Lipinski definition) is 3. The Bertz CT molecular complexity index is 187. The lowest BCUT2D eigenvalue weighted by Gasteiger charge is -1.95. The van der Waals surface area contributed by atoms with Gasteiger partial charge in [-0.2, -0.15) is 0 Å². The van der Waals surface area contributed by atoms with Gasteiger partial charge in [0.25, 0.3) is 0 Å². The van der Waals surface area contributed by atoms with Gasteiger partial charge >= 0.3 is 5.97 Å².